The molecule has 1 aliphatic heterocycles. The van der Waals surface area contributed by atoms with Crippen molar-refractivity contribution in [2.45, 2.75) is 19.4 Å². The number of amides is 1. The number of nitro groups is 1. The van der Waals surface area contributed by atoms with Crippen LogP contribution in [0.1, 0.15) is 23.7 Å². The third-order valence-electron chi connectivity index (χ3n) is 3.17. The highest BCUT2D eigenvalue weighted by atomic mass is 16.6. The largest absolute Gasteiger partial charge is 0.493 e. The molecular formula is C13H16N2O5. The Morgan fingerprint density at radius 3 is 2.90 bits per heavy atom. The number of rotatable bonds is 4. The summed E-state index contributed by atoms with van der Waals surface area (Å²) in [6.45, 7) is 2.63. The molecule has 1 N–H and O–H groups in total. The molecule has 1 aromatic carbocycles. The Kier molecular flexibility index (Phi) is 4.19. The lowest BCUT2D eigenvalue weighted by Gasteiger charge is -2.17. The molecule has 0 spiro atoms. The van der Waals surface area contributed by atoms with Crippen LogP contribution in [0.25, 0.3) is 0 Å². The Bertz CT molecular complexity index is 531. The molecule has 7 nitrogen and oxygen atoms in total. The lowest BCUT2D eigenvalue weighted by atomic mass is 10.1. The molecule has 1 aromatic rings. The minimum Gasteiger partial charge on any atom is -0.493 e. The maximum atomic E-state index is 12.4. The van der Waals surface area contributed by atoms with Crippen LogP contribution in [0.3, 0.4) is 0 Å². The fraction of sp³-hybridized carbons (Fsp3) is 0.462. The third kappa shape index (κ3) is 2.72. The Balaban J connectivity index is 2.41. The fourth-order valence-electron chi connectivity index (χ4n) is 2.25. The third-order valence-corrected chi connectivity index (χ3v) is 3.17. The zero-order valence-corrected chi connectivity index (χ0v) is 11.1. The number of hydrogen-bond acceptors (Lipinski definition) is 5. The van der Waals surface area contributed by atoms with Gasteiger partial charge in [0.1, 0.15) is 5.75 Å². The lowest BCUT2D eigenvalue weighted by Crippen LogP contribution is -2.30. The quantitative estimate of drug-likeness (QED) is 0.660. The SMILES string of the molecule is CCOc1cccc([N+](=O)[O-])c1C(=O)N1CC[C@H](O)C1. The van der Waals surface area contributed by atoms with E-state index in [1.165, 1.54) is 23.1 Å². The second-order valence-electron chi connectivity index (χ2n) is 4.53. The van der Waals surface area contributed by atoms with Crippen molar-refractivity contribution >= 4 is 11.6 Å². The first-order valence-corrected chi connectivity index (χ1v) is 6.42. The molecule has 1 saturated heterocycles. The van der Waals surface area contributed by atoms with Crippen molar-refractivity contribution in [2.75, 3.05) is 19.7 Å². The number of ether oxygens (including phenoxy) is 1. The number of likely N-dealkylation sites (tertiary alicyclic amines) is 1. The van der Waals surface area contributed by atoms with E-state index in [1.54, 1.807) is 6.92 Å². The first-order chi connectivity index (χ1) is 9.54. The molecule has 7 heteroatoms. The number of benzene rings is 1. The first kappa shape index (κ1) is 14.3. The van der Waals surface area contributed by atoms with Crippen molar-refractivity contribution in [1.29, 1.82) is 0 Å². The van der Waals surface area contributed by atoms with Gasteiger partial charge in [-0.3, -0.25) is 14.9 Å². The van der Waals surface area contributed by atoms with Gasteiger partial charge in [-0.1, -0.05) is 6.07 Å². The summed E-state index contributed by atoms with van der Waals surface area (Å²) in [5.74, 6) is -0.273. The molecule has 1 atom stereocenters. The molecule has 108 valence electrons. The Labute approximate surface area is 115 Å². The second-order valence-corrected chi connectivity index (χ2v) is 4.53. The second kappa shape index (κ2) is 5.87. The van der Waals surface area contributed by atoms with Crippen molar-refractivity contribution in [3.63, 3.8) is 0 Å². The maximum absolute atomic E-state index is 12.4. The van der Waals surface area contributed by atoms with Crippen LogP contribution in [-0.2, 0) is 0 Å². The number of carbonyl (C=O) groups is 1. The molecule has 20 heavy (non-hydrogen) atoms. The zero-order valence-electron chi connectivity index (χ0n) is 11.1. The summed E-state index contributed by atoms with van der Waals surface area (Å²) in [5, 5.41) is 20.6. The minimum atomic E-state index is -0.595. The van der Waals surface area contributed by atoms with Crippen LogP contribution in [0.4, 0.5) is 5.69 Å². The van der Waals surface area contributed by atoms with Gasteiger partial charge >= 0.3 is 0 Å². The summed E-state index contributed by atoms with van der Waals surface area (Å²) < 4.78 is 5.32. The van der Waals surface area contributed by atoms with E-state index in [-0.39, 0.29) is 23.5 Å². The Hall–Kier alpha value is -2.15. The average molecular weight is 280 g/mol. The standard InChI is InChI=1S/C13H16N2O5/c1-2-20-11-5-3-4-10(15(18)19)12(11)13(17)14-7-6-9(16)8-14/h3-5,9,16H,2,6-8H2,1H3/t9-/m0/s1. The highest BCUT2D eigenvalue weighted by Crippen LogP contribution is 2.30. The Morgan fingerprint density at radius 2 is 2.35 bits per heavy atom. The normalized spacial score (nSPS) is 18.1. The molecule has 1 aliphatic rings. The summed E-state index contributed by atoms with van der Waals surface area (Å²) >= 11 is 0. The molecule has 0 aliphatic carbocycles. The number of carbonyl (C=O) groups excluding carboxylic acids is 1. The van der Waals surface area contributed by atoms with Crippen LogP contribution >= 0.6 is 0 Å². The topological polar surface area (TPSA) is 92.9 Å². The monoisotopic (exact) mass is 280 g/mol. The summed E-state index contributed by atoms with van der Waals surface area (Å²) in [7, 11) is 0. The average Bonchev–Trinajstić information content (AvgIpc) is 2.84. The molecule has 1 amide bonds. The van der Waals surface area contributed by atoms with Gasteiger partial charge in [-0.15, -0.1) is 0 Å². The van der Waals surface area contributed by atoms with Crippen LogP contribution in [-0.4, -0.2) is 46.6 Å². The van der Waals surface area contributed by atoms with Crippen molar-refractivity contribution in [3.8, 4) is 5.75 Å². The van der Waals surface area contributed by atoms with Crippen molar-refractivity contribution < 1.29 is 19.6 Å². The molecule has 1 fully saturated rings. The van der Waals surface area contributed by atoms with Gasteiger partial charge in [0.15, 0.2) is 5.56 Å². The first-order valence-electron chi connectivity index (χ1n) is 6.42. The fourth-order valence-corrected chi connectivity index (χ4v) is 2.25. The van der Waals surface area contributed by atoms with E-state index in [1.807, 2.05) is 0 Å². The minimum absolute atomic E-state index is 0.0477. The van der Waals surface area contributed by atoms with Gasteiger partial charge in [-0.2, -0.15) is 0 Å². The van der Waals surface area contributed by atoms with Crippen molar-refractivity contribution in [3.05, 3.63) is 33.9 Å². The van der Waals surface area contributed by atoms with E-state index in [0.717, 1.165) is 0 Å². The molecule has 1 heterocycles. The molecule has 0 bridgehead atoms. The van der Waals surface area contributed by atoms with E-state index in [2.05, 4.69) is 0 Å². The summed E-state index contributed by atoms with van der Waals surface area (Å²) in [5.41, 5.74) is -0.323. The van der Waals surface area contributed by atoms with Crippen LogP contribution in [0, 0.1) is 10.1 Å². The number of β-amino-alcohol motifs (C(OH)–C–C–N with tert-alkyl or cyclic N) is 1. The van der Waals surface area contributed by atoms with Crippen LogP contribution in [0.5, 0.6) is 5.75 Å². The molecule has 0 saturated carbocycles. The van der Waals surface area contributed by atoms with Crippen LogP contribution in [0.2, 0.25) is 0 Å². The predicted octanol–water partition coefficient (Wildman–Crippen LogP) is 1.20. The van der Waals surface area contributed by atoms with Gasteiger partial charge in [-0.25, -0.2) is 0 Å². The van der Waals surface area contributed by atoms with E-state index < -0.39 is 16.9 Å². The van der Waals surface area contributed by atoms with E-state index in [0.29, 0.717) is 19.6 Å². The molecular weight excluding hydrogens is 264 g/mol. The van der Waals surface area contributed by atoms with Gasteiger partial charge < -0.3 is 14.7 Å². The van der Waals surface area contributed by atoms with Gasteiger partial charge in [0, 0.05) is 19.2 Å². The van der Waals surface area contributed by atoms with Crippen LogP contribution < -0.4 is 4.74 Å². The molecule has 0 radical (unpaired) electrons. The summed E-state index contributed by atoms with van der Waals surface area (Å²) in [6, 6.07) is 4.30. The number of nitro benzene ring substituents is 1. The van der Waals surface area contributed by atoms with Gasteiger partial charge in [0.2, 0.25) is 0 Å². The lowest BCUT2D eigenvalue weighted by molar-refractivity contribution is -0.385. The highest BCUT2D eigenvalue weighted by Gasteiger charge is 2.32. The van der Waals surface area contributed by atoms with Crippen molar-refractivity contribution in [1.82, 2.24) is 4.90 Å². The summed E-state index contributed by atoms with van der Waals surface area (Å²) in [6.07, 6.45) is -0.0895. The smallest absolute Gasteiger partial charge is 0.285 e. The van der Waals surface area contributed by atoms with Crippen molar-refractivity contribution in [2.24, 2.45) is 0 Å². The number of hydrogen-bond donors (Lipinski definition) is 1. The zero-order chi connectivity index (χ0) is 14.7. The summed E-state index contributed by atoms with van der Waals surface area (Å²) in [4.78, 5) is 24.4. The number of nitrogens with zero attached hydrogens (tertiary/aromatic N) is 2. The number of aliphatic hydroxyl groups is 1. The predicted molar refractivity (Wildman–Crippen MR) is 70.8 cm³/mol. The maximum Gasteiger partial charge on any atom is 0.285 e. The van der Waals surface area contributed by atoms with E-state index in [9.17, 15) is 20.0 Å². The molecule has 0 aromatic heterocycles. The van der Waals surface area contributed by atoms with Gasteiger partial charge in [0.25, 0.3) is 11.6 Å². The molecule has 0 unspecified atom stereocenters. The number of aliphatic hydroxyl groups excluding tert-OH is 1. The highest BCUT2D eigenvalue weighted by molar-refractivity contribution is 6.01. The van der Waals surface area contributed by atoms with Crippen LogP contribution in [0.15, 0.2) is 18.2 Å². The van der Waals surface area contributed by atoms with E-state index in [4.69, 9.17) is 4.74 Å². The van der Waals surface area contributed by atoms with Gasteiger partial charge in [0.05, 0.1) is 17.6 Å². The van der Waals surface area contributed by atoms with E-state index >= 15 is 0 Å². The Morgan fingerprint density at radius 1 is 1.60 bits per heavy atom. The molecule has 2 rings (SSSR count). The van der Waals surface area contributed by atoms with Gasteiger partial charge in [-0.05, 0) is 19.4 Å².